The van der Waals surface area contributed by atoms with E-state index in [9.17, 15) is 8.42 Å². The van der Waals surface area contributed by atoms with E-state index in [1.54, 1.807) is 0 Å². The van der Waals surface area contributed by atoms with Crippen molar-refractivity contribution in [1.29, 1.82) is 0 Å². The third-order valence-corrected chi connectivity index (χ3v) is 1.51. The van der Waals surface area contributed by atoms with Gasteiger partial charge in [0.25, 0.3) is 0 Å². The van der Waals surface area contributed by atoms with Crippen LogP contribution in [-0.4, -0.2) is 24.2 Å². The number of rotatable bonds is 3. The van der Waals surface area contributed by atoms with Crippen LogP contribution in [0.25, 0.3) is 6.20 Å². The first-order valence-corrected chi connectivity index (χ1v) is 4.89. The van der Waals surface area contributed by atoms with E-state index in [1.807, 2.05) is 0 Å². The van der Waals surface area contributed by atoms with E-state index in [4.69, 9.17) is 0 Å². The van der Waals surface area contributed by atoms with Gasteiger partial charge < -0.3 is 4.18 Å². The van der Waals surface area contributed by atoms with Crippen molar-refractivity contribution in [3.63, 3.8) is 0 Å². The summed E-state index contributed by atoms with van der Waals surface area (Å²) in [6, 6.07) is -0.00694. The van der Waals surface area contributed by atoms with Crippen LogP contribution in [-0.2, 0) is 10.1 Å². The lowest BCUT2D eigenvalue weighted by Crippen LogP contribution is -2.08. The van der Waals surface area contributed by atoms with Gasteiger partial charge in [-0.05, 0) is 0 Å². The monoisotopic (exact) mass is 188 g/mol. The minimum absolute atomic E-state index is 0.00694. The molecule has 0 aromatic carbocycles. The molecule has 0 saturated carbocycles. The molecule has 5 nitrogen and oxygen atoms in total. The van der Waals surface area contributed by atoms with Crippen molar-refractivity contribution >= 4 is 16.3 Å². The van der Waals surface area contributed by atoms with Crippen LogP contribution >= 0.6 is 0 Å². The van der Waals surface area contributed by atoms with Crippen LogP contribution in [0.2, 0.25) is 0 Å². The van der Waals surface area contributed by atoms with Gasteiger partial charge in [0.2, 0.25) is 0 Å². The molecule has 0 saturated heterocycles. The number of imidazole rings is 1. The molecule has 1 aromatic rings. The molecule has 0 atom stereocenters. The molecule has 1 rings (SSSR count). The van der Waals surface area contributed by atoms with Crippen molar-refractivity contribution in [3.05, 3.63) is 19.0 Å². The topological polar surface area (TPSA) is 61.2 Å². The van der Waals surface area contributed by atoms with E-state index in [1.165, 1.54) is 23.2 Å². The fourth-order valence-corrected chi connectivity index (χ4v) is 1.04. The van der Waals surface area contributed by atoms with E-state index >= 15 is 0 Å². The molecule has 0 bridgehead atoms. The molecule has 0 N–H and O–H groups in total. The highest BCUT2D eigenvalue weighted by Gasteiger charge is 2.08. The molecule has 1 aromatic heterocycles. The zero-order valence-electron chi connectivity index (χ0n) is 6.47. The van der Waals surface area contributed by atoms with Gasteiger partial charge in [-0.1, -0.05) is 6.58 Å². The Bertz CT molecular complexity index is 379. The van der Waals surface area contributed by atoms with Crippen LogP contribution in [0.4, 0.5) is 0 Å². The molecule has 0 unspecified atom stereocenters. The summed E-state index contributed by atoms with van der Waals surface area (Å²) in [5.74, 6) is 0. The highest BCUT2D eigenvalue weighted by Crippen LogP contribution is 2.08. The van der Waals surface area contributed by atoms with Crippen molar-refractivity contribution in [2.75, 3.05) is 6.26 Å². The van der Waals surface area contributed by atoms with Crippen LogP contribution in [0, 0.1) is 0 Å². The molecule has 0 aliphatic heterocycles. The Morgan fingerprint density at radius 2 is 2.42 bits per heavy atom. The highest BCUT2D eigenvalue weighted by molar-refractivity contribution is 7.86. The maximum absolute atomic E-state index is 10.7. The number of hydrogen-bond donors (Lipinski definition) is 0. The fourth-order valence-electron chi connectivity index (χ4n) is 0.638. The molecule has 0 aliphatic rings. The molecule has 66 valence electrons. The molecule has 0 radical (unpaired) electrons. The molecule has 1 heterocycles. The molecule has 0 spiro atoms. The minimum atomic E-state index is -3.51. The zero-order valence-corrected chi connectivity index (χ0v) is 7.28. The van der Waals surface area contributed by atoms with Crippen molar-refractivity contribution in [3.8, 4) is 6.01 Å². The number of aromatic nitrogens is 2. The second kappa shape index (κ2) is 2.98. The van der Waals surface area contributed by atoms with E-state index in [0.717, 1.165) is 6.26 Å². The quantitative estimate of drug-likeness (QED) is 0.641. The van der Waals surface area contributed by atoms with Crippen molar-refractivity contribution < 1.29 is 12.6 Å². The smallest absolute Gasteiger partial charge is 0.317 e. The van der Waals surface area contributed by atoms with E-state index in [0.29, 0.717) is 0 Å². The van der Waals surface area contributed by atoms with Crippen molar-refractivity contribution in [2.24, 2.45) is 0 Å². The Morgan fingerprint density at radius 3 is 2.92 bits per heavy atom. The largest absolute Gasteiger partial charge is 0.345 e. The molecule has 0 aliphatic carbocycles. The summed E-state index contributed by atoms with van der Waals surface area (Å²) in [4.78, 5) is 3.66. The van der Waals surface area contributed by atoms with Crippen molar-refractivity contribution in [1.82, 2.24) is 9.55 Å². The van der Waals surface area contributed by atoms with Gasteiger partial charge in [-0.2, -0.15) is 8.42 Å². The van der Waals surface area contributed by atoms with Gasteiger partial charge in [-0.15, -0.1) is 0 Å². The van der Waals surface area contributed by atoms with E-state index < -0.39 is 10.1 Å². The summed E-state index contributed by atoms with van der Waals surface area (Å²) in [5.41, 5.74) is 0. The average molecular weight is 188 g/mol. The zero-order chi connectivity index (χ0) is 9.19. The summed E-state index contributed by atoms with van der Waals surface area (Å²) >= 11 is 0. The van der Waals surface area contributed by atoms with Gasteiger partial charge in [-0.25, -0.2) is 4.98 Å². The predicted octanol–water partition coefficient (Wildman–Crippen LogP) is 0.322. The van der Waals surface area contributed by atoms with Gasteiger partial charge in [0, 0.05) is 18.6 Å². The van der Waals surface area contributed by atoms with Gasteiger partial charge in [0.05, 0.1) is 6.26 Å². The first kappa shape index (κ1) is 8.79. The summed E-state index contributed by atoms with van der Waals surface area (Å²) in [6.07, 6.45) is 5.30. The second-order valence-electron chi connectivity index (χ2n) is 2.09. The third kappa shape index (κ3) is 2.09. The maximum atomic E-state index is 10.7. The predicted molar refractivity (Wildman–Crippen MR) is 44.1 cm³/mol. The summed E-state index contributed by atoms with van der Waals surface area (Å²) < 4.78 is 27.2. The van der Waals surface area contributed by atoms with Crippen LogP contribution in [0.5, 0.6) is 6.01 Å². The average Bonchev–Trinajstić information content (AvgIpc) is 2.31. The minimum Gasteiger partial charge on any atom is -0.345 e. The fraction of sp³-hybridized carbons (Fsp3) is 0.167. The summed E-state index contributed by atoms with van der Waals surface area (Å²) in [6.45, 7) is 3.44. The van der Waals surface area contributed by atoms with Crippen LogP contribution < -0.4 is 4.18 Å². The molecular formula is C6H8N2O3S. The Hall–Kier alpha value is -1.30. The summed E-state index contributed by atoms with van der Waals surface area (Å²) in [7, 11) is -3.51. The Balaban J connectivity index is 2.97. The van der Waals surface area contributed by atoms with Crippen molar-refractivity contribution in [2.45, 2.75) is 0 Å². The van der Waals surface area contributed by atoms with Gasteiger partial charge in [0.1, 0.15) is 0 Å². The lowest BCUT2D eigenvalue weighted by molar-refractivity contribution is 0.467. The first-order chi connectivity index (χ1) is 5.53. The van der Waals surface area contributed by atoms with Crippen LogP contribution in [0.1, 0.15) is 0 Å². The Morgan fingerprint density at radius 1 is 1.75 bits per heavy atom. The molecule has 0 fully saturated rings. The third-order valence-electron chi connectivity index (χ3n) is 1.06. The lowest BCUT2D eigenvalue weighted by atomic mass is 10.8. The standard InChI is InChI=1S/C6H8N2O3S/c1-3-8-5-4-7-6(8)11-12(2,9)10/h3-5H,1H2,2H3. The highest BCUT2D eigenvalue weighted by atomic mass is 32.2. The Kier molecular flexibility index (Phi) is 2.18. The number of nitrogens with zero attached hydrogens (tertiary/aromatic N) is 2. The van der Waals surface area contributed by atoms with E-state index in [-0.39, 0.29) is 6.01 Å². The summed E-state index contributed by atoms with van der Waals surface area (Å²) in [5, 5.41) is 0. The molecular weight excluding hydrogens is 180 g/mol. The van der Waals surface area contributed by atoms with Gasteiger partial charge in [0.15, 0.2) is 0 Å². The van der Waals surface area contributed by atoms with Gasteiger partial charge >= 0.3 is 16.1 Å². The Labute approximate surface area is 70.4 Å². The van der Waals surface area contributed by atoms with E-state index in [2.05, 4.69) is 15.7 Å². The SMILES string of the molecule is C=Cn1ccnc1OS(C)(=O)=O. The van der Waals surface area contributed by atoms with Crippen LogP contribution in [0.3, 0.4) is 0 Å². The normalized spacial score (nSPS) is 11.1. The second-order valence-corrected chi connectivity index (χ2v) is 3.66. The number of hydrogen-bond acceptors (Lipinski definition) is 4. The maximum Gasteiger partial charge on any atom is 0.317 e. The lowest BCUT2D eigenvalue weighted by Gasteiger charge is -2.00. The van der Waals surface area contributed by atoms with Gasteiger partial charge in [-0.3, -0.25) is 4.57 Å². The molecule has 6 heteroatoms. The van der Waals surface area contributed by atoms with Crippen LogP contribution in [0.15, 0.2) is 19.0 Å². The first-order valence-electron chi connectivity index (χ1n) is 3.08. The molecule has 12 heavy (non-hydrogen) atoms. The molecule has 0 amide bonds.